The Morgan fingerprint density at radius 1 is 1.67 bits per heavy atom. The normalized spacial score (nSPS) is 25.1. The Labute approximate surface area is 73.4 Å². The molecule has 0 unspecified atom stereocenters. The van der Waals surface area contributed by atoms with E-state index >= 15 is 0 Å². The quantitative estimate of drug-likeness (QED) is 0.693. The largest absolute Gasteiger partial charge is 0.481 e. The molecular weight excluding hydrogens is 154 g/mol. The minimum absolute atomic E-state index is 0.337. The van der Waals surface area contributed by atoms with Crippen molar-refractivity contribution in [3.05, 3.63) is 0 Å². The first-order chi connectivity index (χ1) is 5.59. The van der Waals surface area contributed by atoms with E-state index in [4.69, 9.17) is 5.11 Å². The predicted molar refractivity (Wildman–Crippen MR) is 47.1 cm³/mol. The van der Waals surface area contributed by atoms with Crippen LogP contribution in [-0.2, 0) is 4.79 Å². The van der Waals surface area contributed by atoms with Crippen molar-refractivity contribution in [3.8, 4) is 0 Å². The number of rotatable bonds is 3. The molecule has 12 heavy (non-hydrogen) atoms. The minimum atomic E-state index is -0.661. The lowest BCUT2D eigenvalue weighted by atomic mass is 10.1. The second-order valence-electron chi connectivity index (χ2n) is 3.84. The van der Waals surface area contributed by atoms with E-state index in [-0.39, 0.29) is 0 Å². The van der Waals surface area contributed by atoms with Gasteiger partial charge in [-0.3, -0.25) is 4.79 Å². The Morgan fingerprint density at radius 3 is 2.75 bits per heavy atom. The Hall–Kier alpha value is -0.570. The molecule has 1 saturated heterocycles. The van der Waals surface area contributed by atoms with Crippen molar-refractivity contribution in [1.82, 2.24) is 4.90 Å². The molecule has 0 bridgehead atoms. The molecule has 3 heteroatoms. The summed E-state index contributed by atoms with van der Waals surface area (Å²) >= 11 is 0. The Kier molecular flexibility index (Phi) is 3.09. The maximum absolute atomic E-state index is 10.4. The lowest BCUT2D eigenvalue weighted by molar-refractivity contribution is -0.138. The fourth-order valence-corrected chi connectivity index (χ4v) is 1.75. The minimum Gasteiger partial charge on any atom is -0.481 e. The Bertz CT molecular complexity index is 168. The summed E-state index contributed by atoms with van der Waals surface area (Å²) in [5, 5.41) is 8.58. The highest BCUT2D eigenvalue weighted by molar-refractivity contribution is 5.67. The van der Waals surface area contributed by atoms with Crippen molar-refractivity contribution < 1.29 is 9.90 Å². The Balaban J connectivity index is 2.30. The molecule has 0 aliphatic carbocycles. The molecule has 70 valence electrons. The van der Waals surface area contributed by atoms with Gasteiger partial charge in [0.1, 0.15) is 0 Å². The number of aliphatic carboxylic acids is 1. The molecule has 1 atom stereocenters. The van der Waals surface area contributed by atoms with Crippen LogP contribution in [0.3, 0.4) is 0 Å². The number of nitrogens with zero attached hydrogens (tertiary/aromatic N) is 1. The number of hydrogen-bond donors (Lipinski definition) is 1. The monoisotopic (exact) mass is 171 g/mol. The molecule has 0 amide bonds. The molecule has 3 nitrogen and oxygen atoms in total. The summed E-state index contributed by atoms with van der Waals surface area (Å²) in [5.41, 5.74) is 0. The number of carboxylic acids is 1. The van der Waals surface area contributed by atoms with Gasteiger partial charge in [0, 0.05) is 19.0 Å². The van der Waals surface area contributed by atoms with Crippen LogP contribution in [0.25, 0.3) is 0 Å². The van der Waals surface area contributed by atoms with Crippen LogP contribution in [-0.4, -0.2) is 35.1 Å². The summed E-state index contributed by atoms with van der Waals surface area (Å²) < 4.78 is 0. The van der Waals surface area contributed by atoms with Gasteiger partial charge >= 0.3 is 5.97 Å². The van der Waals surface area contributed by atoms with E-state index < -0.39 is 5.97 Å². The number of carbonyl (C=O) groups is 1. The van der Waals surface area contributed by atoms with Crippen molar-refractivity contribution in [2.24, 2.45) is 5.92 Å². The van der Waals surface area contributed by atoms with E-state index in [1.807, 2.05) is 0 Å². The standard InChI is InChI=1S/C9H17NO2/c1-7(2)10-4-3-8(6-10)5-9(11)12/h7-8H,3-6H2,1-2H3,(H,11,12)/t8-/m1/s1. The SMILES string of the molecule is CC(C)N1CC[C@H](CC(=O)O)C1. The van der Waals surface area contributed by atoms with E-state index in [1.165, 1.54) is 0 Å². The first-order valence-electron chi connectivity index (χ1n) is 4.55. The molecule has 0 spiro atoms. The van der Waals surface area contributed by atoms with Crippen LogP contribution < -0.4 is 0 Å². The van der Waals surface area contributed by atoms with Crippen molar-refractivity contribution in [1.29, 1.82) is 0 Å². The van der Waals surface area contributed by atoms with Gasteiger partial charge in [0.2, 0.25) is 0 Å². The van der Waals surface area contributed by atoms with Gasteiger partial charge in [0.25, 0.3) is 0 Å². The molecule has 0 aromatic heterocycles. The molecular formula is C9H17NO2. The summed E-state index contributed by atoms with van der Waals surface area (Å²) in [6.07, 6.45) is 1.38. The predicted octanol–water partition coefficient (Wildman–Crippen LogP) is 1.19. The average molecular weight is 171 g/mol. The van der Waals surface area contributed by atoms with Gasteiger partial charge in [0.15, 0.2) is 0 Å². The lowest BCUT2D eigenvalue weighted by Gasteiger charge is -2.19. The third kappa shape index (κ3) is 2.48. The number of hydrogen-bond acceptors (Lipinski definition) is 2. The van der Waals surface area contributed by atoms with Gasteiger partial charge < -0.3 is 10.0 Å². The highest BCUT2D eigenvalue weighted by Crippen LogP contribution is 2.20. The van der Waals surface area contributed by atoms with Crippen molar-refractivity contribution in [3.63, 3.8) is 0 Å². The van der Waals surface area contributed by atoms with E-state index in [2.05, 4.69) is 18.7 Å². The topological polar surface area (TPSA) is 40.5 Å². The van der Waals surface area contributed by atoms with Crippen molar-refractivity contribution in [2.45, 2.75) is 32.7 Å². The molecule has 1 aliphatic heterocycles. The van der Waals surface area contributed by atoms with Crippen LogP contribution in [0.15, 0.2) is 0 Å². The lowest BCUT2D eigenvalue weighted by Crippen LogP contribution is -2.28. The van der Waals surface area contributed by atoms with Gasteiger partial charge in [-0.15, -0.1) is 0 Å². The van der Waals surface area contributed by atoms with Crippen LogP contribution in [0.4, 0.5) is 0 Å². The molecule has 0 radical (unpaired) electrons. The highest BCUT2D eigenvalue weighted by Gasteiger charge is 2.25. The average Bonchev–Trinajstić information content (AvgIpc) is 2.34. The zero-order chi connectivity index (χ0) is 9.14. The Morgan fingerprint density at radius 2 is 2.33 bits per heavy atom. The van der Waals surface area contributed by atoms with E-state index in [0.29, 0.717) is 18.4 Å². The van der Waals surface area contributed by atoms with Gasteiger partial charge in [-0.2, -0.15) is 0 Å². The molecule has 0 saturated carbocycles. The van der Waals surface area contributed by atoms with E-state index in [1.54, 1.807) is 0 Å². The summed E-state index contributed by atoms with van der Waals surface area (Å²) in [5.74, 6) is -0.282. The highest BCUT2D eigenvalue weighted by atomic mass is 16.4. The van der Waals surface area contributed by atoms with Crippen LogP contribution >= 0.6 is 0 Å². The third-order valence-corrected chi connectivity index (χ3v) is 2.51. The van der Waals surface area contributed by atoms with Gasteiger partial charge in [-0.1, -0.05) is 0 Å². The fourth-order valence-electron chi connectivity index (χ4n) is 1.75. The van der Waals surface area contributed by atoms with Gasteiger partial charge in [-0.05, 0) is 32.7 Å². The molecule has 1 N–H and O–H groups in total. The fraction of sp³-hybridized carbons (Fsp3) is 0.889. The second kappa shape index (κ2) is 3.90. The zero-order valence-electron chi connectivity index (χ0n) is 7.79. The molecule has 1 heterocycles. The molecule has 1 aliphatic rings. The molecule has 0 aromatic rings. The molecule has 1 fully saturated rings. The summed E-state index contributed by atoms with van der Waals surface area (Å²) in [7, 11) is 0. The van der Waals surface area contributed by atoms with E-state index in [9.17, 15) is 4.79 Å². The molecule has 0 aromatic carbocycles. The number of carboxylic acid groups (broad SMARTS) is 1. The third-order valence-electron chi connectivity index (χ3n) is 2.51. The van der Waals surface area contributed by atoms with Gasteiger partial charge in [0.05, 0.1) is 0 Å². The van der Waals surface area contributed by atoms with E-state index in [0.717, 1.165) is 19.5 Å². The maximum atomic E-state index is 10.4. The molecule has 1 rings (SSSR count). The smallest absolute Gasteiger partial charge is 0.303 e. The first kappa shape index (κ1) is 9.52. The number of likely N-dealkylation sites (tertiary alicyclic amines) is 1. The van der Waals surface area contributed by atoms with Crippen molar-refractivity contribution >= 4 is 5.97 Å². The summed E-state index contributed by atoms with van der Waals surface area (Å²) in [6, 6.07) is 0.559. The van der Waals surface area contributed by atoms with Crippen LogP contribution in [0.1, 0.15) is 26.7 Å². The summed E-state index contributed by atoms with van der Waals surface area (Å²) in [4.78, 5) is 12.8. The second-order valence-corrected chi connectivity index (χ2v) is 3.84. The van der Waals surface area contributed by atoms with Crippen molar-refractivity contribution in [2.75, 3.05) is 13.1 Å². The van der Waals surface area contributed by atoms with Crippen LogP contribution in [0.5, 0.6) is 0 Å². The maximum Gasteiger partial charge on any atom is 0.303 e. The van der Waals surface area contributed by atoms with Crippen LogP contribution in [0.2, 0.25) is 0 Å². The summed E-state index contributed by atoms with van der Waals surface area (Å²) in [6.45, 7) is 6.34. The zero-order valence-corrected chi connectivity index (χ0v) is 7.79. The van der Waals surface area contributed by atoms with Gasteiger partial charge in [-0.25, -0.2) is 0 Å². The van der Waals surface area contributed by atoms with Crippen LogP contribution in [0, 0.1) is 5.92 Å². The first-order valence-corrected chi connectivity index (χ1v) is 4.55.